The Balaban J connectivity index is 1.15. The maximum absolute atomic E-state index is 4.97. The zero-order chi connectivity index (χ0) is 32.9. The quantitative estimate of drug-likeness (QED) is 0.167. The van der Waals surface area contributed by atoms with Crippen LogP contribution in [0.4, 0.5) is 17.1 Å². The summed E-state index contributed by atoms with van der Waals surface area (Å²) in [6, 6.07) is 59.8. The second-order valence-corrected chi connectivity index (χ2v) is 12.8. The summed E-state index contributed by atoms with van der Waals surface area (Å²) in [5.41, 5.74) is 9.08. The Bertz CT molecular complexity index is 2010. The van der Waals surface area contributed by atoms with Gasteiger partial charge in [0, 0.05) is 39.2 Å². The molecule has 4 nitrogen and oxygen atoms in total. The van der Waals surface area contributed by atoms with Crippen molar-refractivity contribution >= 4 is 17.1 Å². The summed E-state index contributed by atoms with van der Waals surface area (Å²) in [5.74, 6) is 2.04. The predicted octanol–water partition coefficient (Wildman–Crippen LogP) is 11.6. The third-order valence-electron chi connectivity index (χ3n) is 9.81. The van der Waals surface area contributed by atoms with Crippen LogP contribution < -0.4 is 4.90 Å². The molecule has 238 valence electrons. The number of nitrogens with zero attached hydrogens (tertiary/aromatic N) is 4. The average molecular weight is 635 g/mol. The van der Waals surface area contributed by atoms with Crippen molar-refractivity contribution in [1.29, 1.82) is 0 Å². The summed E-state index contributed by atoms with van der Waals surface area (Å²) in [7, 11) is 0. The molecule has 0 atom stereocenters. The second kappa shape index (κ2) is 13.7. The van der Waals surface area contributed by atoms with Crippen LogP contribution in [0.15, 0.2) is 170 Å². The molecule has 6 aromatic carbocycles. The number of anilines is 3. The molecule has 0 amide bonds. The lowest BCUT2D eigenvalue weighted by atomic mass is 9.65. The minimum atomic E-state index is -0.0386. The lowest BCUT2D eigenvalue weighted by molar-refractivity contribution is 0.346. The number of hydrogen-bond acceptors (Lipinski definition) is 4. The van der Waals surface area contributed by atoms with Gasteiger partial charge in [-0.1, -0.05) is 153 Å². The fourth-order valence-corrected chi connectivity index (χ4v) is 7.31. The molecular formula is C45H38N4. The zero-order valence-corrected chi connectivity index (χ0v) is 27.5. The summed E-state index contributed by atoms with van der Waals surface area (Å²) in [5, 5.41) is 0. The van der Waals surface area contributed by atoms with Gasteiger partial charge in [0.15, 0.2) is 17.5 Å². The first kappa shape index (κ1) is 30.5. The van der Waals surface area contributed by atoms with Gasteiger partial charge in [0.25, 0.3) is 0 Å². The molecule has 0 radical (unpaired) electrons. The third-order valence-corrected chi connectivity index (χ3v) is 9.81. The van der Waals surface area contributed by atoms with Crippen molar-refractivity contribution < 1.29 is 0 Å². The minimum Gasteiger partial charge on any atom is -0.311 e. The fraction of sp³-hybridized carbons (Fsp3) is 0.133. The maximum Gasteiger partial charge on any atom is 0.164 e. The topological polar surface area (TPSA) is 41.9 Å². The molecule has 1 aliphatic carbocycles. The summed E-state index contributed by atoms with van der Waals surface area (Å²) in [4.78, 5) is 17.1. The molecule has 1 saturated carbocycles. The van der Waals surface area contributed by atoms with Crippen LogP contribution in [0.3, 0.4) is 0 Å². The lowest BCUT2D eigenvalue weighted by Gasteiger charge is -2.39. The number of aromatic nitrogens is 3. The molecule has 49 heavy (non-hydrogen) atoms. The van der Waals surface area contributed by atoms with E-state index in [4.69, 9.17) is 15.0 Å². The highest BCUT2D eigenvalue weighted by molar-refractivity contribution is 5.76. The lowest BCUT2D eigenvalue weighted by Crippen LogP contribution is -2.30. The Hall–Kier alpha value is -5.87. The van der Waals surface area contributed by atoms with Gasteiger partial charge < -0.3 is 4.90 Å². The van der Waals surface area contributed by atoms with Crippen molar-refractivity contribution in [1.82, 2.24) is 15.0 Å². The molecule has 1 fully saturated rings. The smallest absolute Gasteiger partial charge is 0.164 e. The van der Waals surface area contributed by atoms with Crippen molar-refractivity contribution in [3.63, 3.8) is 0 Å². The monoisotopic (exact) mass is 634 g/mol. The normalized spacial score (nSPS) is 13.9. The van der Waals surface area contributed by atoms with E-state index < -0.39 is 0 Å². The summed E-state index contributed by atoms with van der Waals surface area (Å²) >= 11 is 0. The zero-order valence-electron chi connectivity index (χ0n) is 27.5. The van der Waals surface area contributed by atoms with Crippen LogP contribution in [0, 0.1) is 0 Å². The van der Waals surface area contributed by atoms with Gasteiger partial charge in [-0.3, -0.25) is 0 Å². The minimum absolute atomic E-state index is 0.0386. The van der Waals surface area contributed by atoms with E-state index in [1.165, 1.54) is 30.4 Å². The number of para-hydroxylation sites is 2. The van der Waals surface area contributed by atoms with E-state index in [1.54, 1.807) is 0 Å². The molecule has 0 saturated heterocycles. The Morgan fingerprint density at radius 2 is 0.694 bits per heavy atom. The summed E-state index contributed by atoms with van der Waals surface area (Å²) in [6.45, 7) is 0. The SMILES string of the molecule is c1ccc(-c2nc(-c3ccccc3)nc(-c3ccc(C4(c5ccc(N(c6ccccc6)c6ccccc6)cc5)CCCCC4)cc3)n2)cc1. The molecule has 8 rings (SSSR count). The molecule has 4 heteroatoms. The van der Waals surface area contributed by atoms with Gasteiger partial charge in [0.1, 0.15) is 0 Å². The third kappa shape index (κ3) is 6.26. The van der Waals surface area contributed by atoms with Crippen molar-refractivity contribution in [2.24, 2.45) is 0 Å². The standard InChI is InChI=1S/C45H38N4/c1-6-16-34(17-7-1)42-46-43(35-18-8-2-9-19-35)48-44(47-42)36-24-26-37(27-25-36)45(32-14-5-15-33-45)38-28-30-41(31-29-38)49(39-20-10-3-11-21-39)40-22-12-4-13-23-40/h1-4,6-13,16-31H,5,14-15,32-33H2. The van der Waals surface area contributed by atoms with E-state index in [1.807, 2.05) is 60.7 Å². The molecule has 1 heterocycles. The van der Waals surface area contributed by atoms with Gasteiger partial charge in [-0.05, 0) is 60.4 Å². The van der Waals surface area contributed by atoms with Crippen molar-refractivity contribution in [2.75, 3.05) is 4.90 Å². The van der Waals surface area contributed by atoms with Gasteiger partial charge in [-0.25, -0.2) is 15.0 Å². The number of benzene rings is 6. The molecule has 1 aliphatic rings. The summed E-state index contributed by atoms with van der Waals surface area (Å²) in [6.07, 6.45) is 5.99. The largest absolute Gasteiger partial charge is 0.311 e. The Morgan fingerprint density at radius 1 is 0.347 bits per heavy atom. The van der Waals surface area contributed by atoms with E-state index >= 15 is 0 Å². The van der Waals surface area contributed by atoms with Crippen LogP contribution >= 0.6 is 0 Å². The highest BCUT2D eigenvalue weighted by atomic mass is 15.1. The molecule has 0 spiro atoms. The van der Waals surface area contributed by atoms with E-state index in [9.17, 15) is 0 Å². The Kier molecular flexibility index (Phi) is 8.52. The molecule has 1 aromatic heterocycles. The van der Waals surface area contributed by atoms with Crippen molar-refractivity contribution in [2.45, 2.75) is 37.5 Å². The van der Waals surface area contributed by atoms with Crippen LogP contribution in [0.5, 0.6) is 0 Å². The first-order valence-corrected chi connectivity index (χ1v) is 17.3. The molecule has 0 bridgehead atoms. The van der Waals surface area contributed by atoms with Gasteiger partial charge in [0.2, 0.25) is 0 Å². The van der Waals surface area contributed by atoms with Gasteiger partial charge in [-0.2, -0.15) is 0 Å². The molecular weight excluding hydrogens is 597 g/mol. The van der Waals surface area contributed by atoms with Gasteiger partial charge >= 0.3 is 0 Å². The van der Waals surface area contributed by atoms with Crippen molar-refractivity contribution in [3.05, 3.63) is 181 Å². The van der Waals surface area contributed by atoms with Gasteiger partial charge in [0.05, 0.1) is 0 Å². The predicted molar refractivity (Wildman–Crippen MR) is 201 cm³/mol. The molecule has 7 aromatic rings. The van der Waals surface area contributed by atoms with Crippen molar-refractivity contribution in [3.8, 4) is 34.2 Å². The number of rotatable bonds is 8. The van der Waals surface area contributed by atoms with Gasteiger partial charge in [-0.15, -0.1) is 0 Å². The van der Waals surface area contributed by atoms with E-state index in [2.05, 4.69) is 114 Å². The maximum atomic E-state index is 4.97. The van der Waals surface area contributed by atoms with Crippen LogP contribution in [-0.2, 0) is 5.41 Å². The van der Waals surface area contributed by atoms with Crippen LogP contribution in [0.25, 0.3) is 34.2 Å². The summed E-state index contributed by atoms with van der Waals surface area (Å²) < 4.78 is 0. The Labute approximate surface area is 288 Å². The highest BCUT2D eigenvalue weighted by Crippen LogP contribution is 2.46. The second-order valence-electron chi connectivity index (χ2n) is 12.8. The van der Waals surface area contributed by atoms with Crippen LogP contribution in [0.1, 0.15) is 43.2 Å². The van der Waals surface area contributed by atoms with Crippen LogP contribution in [-0.4, -0.2) is 15.0 Å². The van der Waals surface area contributed by atoms with E-state index in [0.29, 0.717) is 17.5 Å². The van der Waals surface area contributed by atoms with E-state index in [0.717, 1.165) is 46.6 Å². The highest BCUT2D eigenvalue weighted by Gasteiger charge is 2.36. The fourth-order valence-electron chi connectivity index (χ4n) is 7.31. The number of hydrogen-bond donors (Lipinski definition) is 0. The first-order valence-electron chi connectivity index (χ1n) is 17.3. The van der Waals surface area contributed by atoms with Crippen LogP contribution in [0.2, 0.25) is 0 Å². The van der Waals surface area contributed by atoms with E-state index in [-0.39, 0.29) is 5.41 Å². The molecule has 0 N–H and O–H groups in total. The first-order chi connectivity index (χ1) is 24.3. The molecule has 0 aliphatic heterocycles. The molecule has 0 unspecified atom stereocenters. The average Bonchev–Trinajstić information content (AvgIpc) is 3.20. The Morgan fingerprint density at radius 3 is 1.12 bits per heavy atom.